The quantitative estimate of drug-likeness (QED) is 0.449. The Morgan fingerprint density at radius 3 is 2.65 bits per heavy atom. The zero-order valence-electron chi connectivity index (χ0n) is 14.7. The maximum atomic E-state index is 5.38. The largest absolute Gasteiger partial charge is 0.469 e. The molecular weight excluding hydrogens is 344 g/mol. The second kappa shape index (κ2) is 10.4. The molecule has 0 amide bonds. The third-order valence-corrected chi connectivity index (χ3v) is 4.79. The molecule has 0 saturated carbocycles. The Hall–Kier alpha value is -2.60. The molecule has 0 aromatic carbocycles. The zero-order valence-corrected chi connectivity index (χ0v) is 15.5. The predicted octanol–water partition coefficient (Wildman–Crippen LogP) is 3.30. The van der Waals surface area contributed by atoms with Crippen LogP contribution in [0.5, 0.6) is 0 Å². The topological polar surface area (TPSA) is 62.5 Å². The lowest BCUT2D eigenvalue weighted by Gasteiger charge is -2.12. The van der Waals surface area contributed by atoms with E-state index >= 15 is 0 Å². The highest BCUT2D eigenvalue weighted by Crippen LogP contribution is 2.08. The normalized spacial score (nSPS) is 11.5. The molecule has 136 valence electrons. The molecule has 0 saturated heterocycles. The first-order chi connectivity index (χ1) is 12.9. The minimum Gasteiger partial charge on any atom is -0.469 e. The van der Waals surface area contributed by atoms with Gasteiger partial charge >= 0.3 is 0 Å². The van der Waals surface area contributed by atoms with Crippen molar-refractivity contribution < 1.29 is 4.42 Å². The minimum absolute atomic E-state index is 0.764. The van der Waals surface area contributed by atoms with Crippen LogP contribution >= 0.6 is 11.3 Å². The molecule has 26 heavy (non-hydrogen) atoms. The van der Waals surface area contributed by atoms with Gasteiger partial charge in [-0.25, -0.2) is 0 Å². The minimum atomic E-state index is 0.764. The average molecular weight is 369 g/mol. The van der Waals surface area contributed by atoms with Gasteiger partial charge < -0.3 is 15.1 Å². The van der Waals surface area contributed by atoms with E-state index in [0.29, 0.717) is 0 Å². The molecule has 2 N–H and O–H groups in total. The molecule has 3 aromatic heterocycles. The van der Waals surface area contributed by atoms with Gasteiger partial charge in [0.2, 0.25) is 0 Å². The SMILES string of the molecule is c1ccc(CCNC(=NCCc2cccs2)NCCc2ccco2)nc1. The molecule has 0 unspecified atom stereocenters. The van der Waals surface area contributed by atoms with Crippen LogP contribution in [0.4, 0.5) is 0 Å². The fourth-order valence-electron chi connectivity index (χ4n) is 2.52. The third kappa shape index (κ3) is 6.37. The molecule has 3 heterocycles. The highest BCUT2D eigenvalue weighted by Gasteiger charge is 2.02. The Morgan fingerprint density at radius 1 is 1.00 bits per heavy atom. The Kier molecular flexibility index (Phi) is 7.28. The summed E-state index contributed by atoms with van der Waals surface area (Å²) in [5, 5.41) is 8.89. The van der Waals surface area contributed by atoms with Crippen LogP contribution in [-0.4, -0.2) is 30.6 Å². The third-order valence-electron chi connectivity index (χ3n) is 3.85. The van der Waals surface area contributed by atoms with E-state index in [1.807, 2.05) is 36.5 Å². The number of aliphatic imine (C=N–C) groups is 1. The molecule has 0 fully saturated rings. The number of thiophene rings is 1. The number of furan rings is 1. The van der Waals surface area contributed by atoms with E-state index in [4.69, 9.17) is 9.41 Å². The summed E-state index contributed by atoms with van der Waals surface area (Å²) in [6.07, 6.45) is 6.19. The highest BCUT2D eigenvalue weighted by atomic mass is 32.1. The molecular formula is C20H24N4OS. The molecule has 0 radical (unpaired) electrons. The number of guanidine groups is 1. The van der Waals surface area contributed by atoms with Gasteiger partial charge in [0, 0.05) is 55.7 Å². The van der Waals surface area contributed by atoms with Gasteiger partial charge in [0.05, 0.1) is 6.26 Å². The average Bonchev–Trinajstić information content (AvgIpc) is 3.36. The van der Waals surface area contributed by atoms with Crippen molar-refractivity contribution in [1.29, 1.82) is 0 Å². The molecule has 6 heteroatoms. The van der Waals surface area contributed by atoms with Crippen LogP contribution in [0.15, 0.2) is 69.7 Å². The molecule has 5 nitrogen and oxygen atoms in total. The summed E-state index contributed by atoms with van der Waals surface area (Å²) in [5.74, 6) is 1.81. The Morgan fingerprint density at radius 2 is 1.92 bits per heavy atom. The van der Waals surface area contributed by atoms with E-state index in [1.165, 1.54) is 4.88 Å². The predicted molar refractivity (Wildman–Crippen MR) is 107 cm³/mol. The molecule has 0 atom stereocenters. The summed E-state index contributed by atoms with van der Waals surface area (Å²) in [5.41, 5.74) is 1.08. The fourth-order valence-corrected chi connectivity index (χ4v) is 3.22. The van der Waals surface area contributed by atoms with Crippen molar-refractivity contribution in [3.05, 3.63) is 76.6 Å². The Labute approximate surface area is 158 Å². The number of nitrogens with one attached hydrogen (secondary N) is 2. The van der Waals surface area contributed by atoms with Crippen LogP contribution in [0, 0.1) is 0 Å². The van der Waals surface area contributed by atoms with Gasteiger partial charge in [0.25, 0.3) is 0 Å². The standard InChI is InChI=1S/C20H24N4OS/c1-2-11-21-17(5-1)8-12-22-20(23-13-9-18-6-3-15-25-18)24-14-10-19-7-4-16-26-19/h1-7,11,15-16H,8-10,12-14H2,(H2,22,23,24). The Balaban J connectivity index is 1.47. The Bertz CT molecular complexity index is 754. The van der Waals surface area contributed by atoms with Crippen molar-refractivity contribution in [2.45, 2.75) is 19.3 Å². The maximum Gasteiger partial charge on any atom is 0.191 e. The van der Waals surface area contributed by atoms with Gasteiger partial charge in [-0.2, -0.15) is 0 Å². The van der Waals surface area contributed by atoms with Gasteiger partial charge in [-0.3, -0.25) is 9.98 Å². The molecule has 0 bridgehead atoms. The van der Waals surface area contributed by atoms with Crippen molar-refractivity contribution in [3.63, 3.8) is 0 Å². The van der Waals surface area contributed by atoms with Crippen molar-refractivity contribution in [1.82, 2.24) is 15.6 Å². The van der Waals surface area contributed by atoms with E-state index in [0.717, 1.165) is 56.3 Å². The number of pyridine rings is 1. The summed E-state index contributed by atoms with van der Waals surface area (Å²) < 4.78 is 5.38. The smallest absolute Gasteiger partial charge is 0.191 e. The summed E-state index contributed by atoms with van der Waals surface area (Å²) in [4.78, 5) is 10.4. The van der Waals surface area contributed by atoms with Crippen molar-refractivity contribution >= 4 is 17.3 Å². The van der Waals surface area contributed by atoms with Gasteiger partial charge in [-0.15, -0.1) is 11.3 Å². The lowest BCUT2D eigenvalue weighted by Crippen LogP contribution is -2.39. The van der Waals surface area contributed by atoms with Crippen molar-refractivity contribution in [3.8, 4) is 0 Å². The van der Waals surface area contributed by atoms with E-state index in [9.17, 15) is 0 Å². The molecule has 3 aromatic rings. The van der Waals surface area contributed by atoms with Crippen molar-refractivity contribution in [2.24, 2.45) is 4.99 Å². The summed E-state index contributed by atoms with van der Waals surface area (Å²) >= 11 is 1.78. The monoisotopic (exact) mass is 368 g/mol. The molecule has 0 aliphatic carbocycles. The molecule has 3 rings (SSSR count). The molecule has 0 aliphatic heterocycles. The number of rotatable bonds is 9. The zero-order chi connectivity index (χ0) is 17.9. The lowest BCUT2D eigenvalue weighted by molar-refractivity contribution is 0.506. The number of nitrogens with zero attached hydrogens (tertiary/aromatic N) is 2. The van der Waals surface area contributed by atoms with Gasteiger partial charge in [-0.1, -0.05) is 12.1 Å². The summed E-state index contributed by atoms with van der Waals surface area (Å²) in [7, 11) is 0. The van der Waals surface area contributed by atoms with Crippen LogP contribution in [-0.2, 0) is 19.3 Å². The van der Waals surface area contributed by atoms with Gasteiger partial charge in [-0.05, 0) is 35.7 Å². The summed E-state index contributed by atoms with van der Waals surface area (Å²) in [6, 6.07) is 14.1. The van der Waals surface area contributed by atoms with E-state index in [2.05, 4.69) is 33.1 Å². The van der Waals surface area contributed by atoms with Gasteiger partial charge in [0.1, 0.15) is 5.76 Å². The first-order valence-electron chi connectivity index (χ1n) is 8.87. The van der Waals surface area contributed by atoms with Crippen molar-refractivity contribution in [2.75, 3.05) is 19.6 Å². The molecule has 0 aliphatic rings. The number of aromatic nitrogens is 1. The maximum absolute atomic E-state index is 5.38. The van der Waals surface area contributed by atoms with Crippen LogP contribution in [0.25, 0.3) is 0 Å². The van der Waals surface area contributed by atoms with Crippen LogP contribution in [0.1, 0.15) is 16.3 Å². The first-order valence-corrected chi connectivity index (χ1v) is 9.75. The van der Waals surface area contributed by atoms with E-state index in [1.54, 1.807) is 17.6 Å². The fraction of sp³-hybridized carbons (Fsp3) is 0.300. The van der Waals surface area contributed by atoms with E-state index in [-0.39, 0.29) is 0 Å². The van der Waals surface area contributed by atoms with Crippen LogP contribution < -0.4 is 10.6 Å². The number of hydrogen-bond donors (Lipinski definition) is 2. The van der Waals surface area contributed by atoms with Gasteiger partial charge in [0.15, 0.2) is 5.96 Å². The van der Waals surface area contributed by atoms with Crippen LogP contribution in [0.2, 0.25) is 0 Å². The highest BCUT2D eigenvalue weighted by molar-refractivity contribution is 7.09. The first kappa shape index (κ1) is 18.2. The second-order valence-corrected chi connectivity index (χ2v) is 6.85. The van der Waals surface area contributed by atoms with Crippen LogP contribution in [0.3, 0.4) is 0 Å². The second-order valence-electron chi connectivity index (χ2n) is 5.81. The number of hydrogen-bond acceptors (Lipinski definition) is 4. The lowest BCUT2D eigenvalue weighted by atomic mass is 10.3. The summed E-state index contributed by atoms with van der Waals surface area (Å²) in [6.45, 7) is 2.34. The molecule has 0 spiro atoms. The van der Waals surface area contributed by atoms with E-state index < -0.39 is 0 Å².